The lowest BCUT2D eigenvalue weighted by molar-refractivity contribution is -0.277. The average molecular weight is 481 g/mol. The molecule has 0 aromatic heterocycles. The molecule has 3 fully saturated rings. The highest BCUT2D eigenvalue weighted by Crippen LogP contribution is 2.50. The maximum absolute atomic E-state index is 12.8. The Kier molecular flexibility index (Phi) is 7.32. The maximum atomic E-state index is 12.8. The number of allylic oxidation sites excluding steroid dienone is 1. The summed E-state index contributed by atoms with van der Waals surface area (Å²) < 4.78 is 23.1. The molecule has 0 aliphatic carbocycles. The SMILES string of the molecule is C=C1C(=O)O[C@@H]2[C@@H]1[C@H](OC(=O)/C(C)=C\C)[C@]1(O)O[C@H](C[C@@H]1C)C[C@@](C)(O)[C@H]2OC(=O)[C@H](C)CC. The Balaban J connectivity index is 2.15. The second kappa shape index (κ2) is 9.43. The summed E-state index contributed by atoms with van der Waals surface area (Å²) in [5.74, 6) is -6.09. The molecule has 34 heavy (non-hydrogen) atoms. The highest BCUT2D eigenvalue weighted by Gasteiger charge is 2.65. The molecule has 9 heteroatoms. The zero-order chi connectivity index (χ0) is 25.6. The van der Waals surface area contributed by atoms with Gasteiger partial charge in [-0.25, -0.2) is 9.59 Å². The van der Waals surface area contributed by atoms with E-state index < -0.39 is 71.5 Å². The summed E-state index contributed by atoms with van der Waals surface area (Å²) in [4.78, 5) is 38.2. The molecule has 0 aromatic rings. The van der Waals surface area contributed by atoms with Crippen LogP contribution in [0.3, 0.4) is 0 Å². The molecule has 190 valence electrons. The molecule has 3 rings (SSSR count). The van der Waals surface area contributed by atoms with Crippen LogP contribution in [0.1, 0.15) is 60.8 Å². The van der Waals surface area contributed by atoms with Crippen LogP contribution in [-0.4, -0.2) is 63.9 Å². The molecule has 0 aromatic carbocycles. The Morgan fingerprint density at radius 1 is 1.29 bits per heavy atom. The van der Waals surface area contributed by atoms with Gasteiger partial charge in [0.1, 0.15) is 5.60 Å². The number of aliphatic hydroxyl groups is 2. The fraction of sp³-hybridized carbons (Fsp3) is 0.720. The molecule has 9 nitrogen and oxygen atoms in total. The van der Waals surface area contributed by atoms with E-state index in [0.717, 1.165) is 0 Å². The van der Waals surface area contributed by atoms with Crippen LogP contribution in [0.5, 0.6) is 0 Å². The van der Waals surface area contributed by atoms with Crippen molar-refractivity contribution in [3.05, 3.63) is 23.8 Å². The highest BCUT2D eigenvalue weighted by atomic mass is 16.7. The number of hydrogen-bond donors (Lipinski definition) is 2. The van der Waals surface area contributed by atoms with Crippen LogP contribution in [-0.2, 0) is 33.3 Å². The van der Waals surface area contributed by atoms with Gasteiger partial charge in [-0.15, -0.1) is 0 Å². The van der Waals surface area contributed by atoms with Crippen LogP contribution in [0.15, 0.2) is 23.8 Å². The molecule has 3 heterocycles. The van der Waals surface area contributed by atoms with Crippen LogP contribution in [0.2, 0.25) is 0 Å². The van der Waals surface area contributed by atoms with Crippen LogP contribution < -0.4 is 0 Å². The van der Waals surface area contributed by atoms with Crippen molar-refractivity contribution in [2.75, 3.05) is 0 Å². The van der Waals surface area contributed by atoms with Gasteiger partial charge in [-0.2, -0.15) is 0 Å². The monoisotopic (exact) mass is 480 g/mol. The molecule has 0 spiro atoms. The number of hydrogen-bond acceptors (Lipinski definition) is 9. The number of carbonyl (C=O) groups excluding carboxylic acids is 3. The minimum absolute atomic E-state index is 0.0000930. The normalized spacial score (nSPS) is 41.0. The predicted octanol–water partition coefficient (Wildman–Crippen LogP) is 2.19. The van der Waals surface area contributed by atoms with Gasteiger partial charge in [0.15, 0.2) is 18.3 Å². The molecule has 2 N–H and O–H groups in total. The molecule has 2 bridgehead atoms. The minimum Gasteiger partial charge on any atom is -0.455 e. The Bertz CT molecular complexity index is 891. The third-order valence-corrected chi connectivity index (χ3v) is 7.47. The van der Waals surface area contributed by atoms with Crippen molar-refractivity contribution in [2.24, 2.45) is 17.8 Å². The van der Waals surface area contributed by atoms with Crippen molar-refractivity contribution in [3.8, 4) is 0 Å². The number of fused-ring (bicyclic) bond motifs is 3. The largest absolute Gasteiger partial charge is 0.455 e. The van der Waals surface area contributed by atoms with Crippen LogP contribution in [0, 0.1) is 17.8 Å². The fourth-order valence-corrected chi connectivity index (χ4v) is 4.95. The van der Waals surface area contributed by atoms with Crippen molar-refractivity contribution >= 4 is 17.9 Å². The van der Waals surface area contributed by atoms with Crippen LogP contribution in [0.25, 0.3) is 0 Å². The number of ether oxygens (including phenoxy) is 4. The first-order valence-electron chi connectivity index (χ1n) is 11.8. The first-order valence-corrected chi connectivity index (χ1v) is 11.8. The molecule has 0 radical (unpaired) electrons. The second-order valence-electron chi connectivity index (χ2n) is 10.1. The molecule has 3 aliphatic heterocycles. The van der Waals surface area contributed by atoms with Gasteiger partial charge in [0.25, 0.3) is 0 Å². The summed E-state index contributed by atoms with van der Waals surface area (Å²) in [7, 11) is 0. The van der Waals surface area contributed by atoms with Crippen molar-refractivity contribution in [2.45, 2.75) is 96.6 Å². The van der Waals surface area contributed by atoms with E-state index in [4.69, 9.17) is 18.9 Å². The van der Waals surface area contributed by atoms with Gasteiger partial charge in [0.05, 0.1) is 17.9 Å². The number of rotatable bonds is 5. The molecular formula is C25H36O9. The third-order valence-electron chi connectivity index (χ3n) is 7.47. The van der Waals surface area contributed by atoms with Gasteiger partial charge in [0, 0.05) is 23.5 Å². The molecule has 0 amide bonds. The fourth-order valence-electron chi connectivity index (χ4n) is 4.95. The Morgan fingerprint density at radius 2 is 1.94 bits per heavy atom. The summed E-state index contributed by atoms with van der Waals surface area (Å²) in [6.45, 7) is 13.8. The standard InChI is InChI=1S/C25H36O9/c1-8-12(3)21(26)32-19-17-15(6)23(28)31-18(17)20(33-22(27)13(4)9-2)24(7,29)11-16-10-14(5)25(19,30)34-16/h8,13-14,16-20,29-30H,6,9-11H2,1-5,7H3/b12-8-/t13-,14+,16-,17-,18-,19+,20+,24-,25-/m1/s1. The summed E-state index contributed by atoms with van der Waals surface area (Å²) in [5, 5.41) is 23.2. The van der Waals surface area contributed by atoms with E-state index in [2.05, 4.69) is 6.58 Å². The highest BCUT2D eigenvalue weighted by molar-refractivity contribution is 5.92. The van der Waals surface area contributed by atoms with E-state index in [-0.39, 0.29) is 12.0 Å². The Morgan fingerprint density at radius 3 is 2.53 bits per heavy atom. The van der Waals surface area contributed by atoms with Gasteiger partial charge in [-0.05, 0) is 33.6 Å². The Hall–Kier alpha value is -2.23. The average Bonchev–Trinajstić information content (AvgIpc) is 3.22. The van der Waals surface area contributed by atoms with Gasteiger partial charge in [0.2, 0.25) is 5.79 Å². The van der Waals surface area contributed by atoms with Crippen molar-refractivity contribution in [1.82, 2.24) is 0 Å². The van der Waals surface area contributed by atoms with Crippen molar-refractivity contribution in [3.63, 3.8) is 0 Å². The second-order valence-corrected chi connectivity index (χ2v) is 10.1. The topological polar surface area (TPSA) is 129 Å². The number of esters is 3. The molecule has 9 atom stereocenters. The molecule has 3 saturated heterocycles. The van der Waals surface area contributed by atoms with Crippen molar-refractivity contribution < 1.29 is 43.5 Å². The molecular weight excluding hydrogens is 444 g/mol. The lowest BCUT2D eigenvalue weighted by Crippen LogP contribution is -2.58. The van der Waals surface area contributed by atoms with E-state index >= 15 is 0 Å². The summed E-state index contributed by atoms with van der Waals surface area (Å²) in [5.41, 5.74) is -1.44. The van der Waals surface area contributed by atoms with Crippen LogP contribution in [0.4, 0.5) is 0 Å². The first-order chi connectivity index (χ1) is 15.8. The van der Waals surface area contributed by atoms with Gasteiger partial charge >= 0.3 is 17.9 Å². The van der Waals surface area contributed by atoms with E-state index in [1.54, 1.807) is 33.8 Å². The third kappa shape index (κ3) is 4.53. The quantitative estimate of drug-likeness (QED) is 0.346. The molecule has 3 aliphatic rings. The summed E-state index contributed by atoms with van der Waals surface area (Å²) >= 11 is 0. The Labute approximate surface area is 200 Å². The van der Waals surface area contributed by atoms with Crippen molar-refractivity contribution in [1.29, 1.82) is 0 Å². The van der Waals surface area contributed by atoms with E-state index in [9.17, 15) is 24.6 Å². The van der Waals surface area contributed by atoms with E-state index in [0.29, 0.717) is 18.4 Å². The van der Waals surface area contributed by atoms with Gasteiger partial charge in [-0.1, -0.05) is 33.4 Å². The maximum Gasteiger partial charge on any atom is 0.334 e. The molecule has 0 unspecified atom stereocenters. The van der Waals surface area contributed by atoms with E-state index in [1.165, 1.54) is 6.92 Å². The van der Waals surface area contributed by atoms with Gasteiger partial charge < -0.3 is 29.2 Å². The molecule has 0 saturated carbocycles. The zero-order valence-corrected chi connectivity index (χ0v) is 20.7. The minimum atomic E-state index is -1.97. The van der Waals surface area contributed by atoms with Crippen LogP contribution >= 0.6 is 0 Å². The zero-order valence-electron chi connectivity index (χ0n) is 20.7. The number of carbonyl (C=O) groups is 3. The van der Waals surface area contributed by atoms with E-state index in [1.807, 2.05) is 6.92 Å². The lowest BCUT2D eigenvalue weighted by atomic mass is 9.75. The smallest absolute Gasteiger partial charge is 0.334 e. The first kappa shape index (κ1) is 26.4. The summed E-state index contributed by atoms with van der Waals surface area (Å²) in [6.07, 6.45) is -2.12. The van der Waals surface area contributed by atoms with Gasteiger partial charge in [-0.3, -0.25) is 4.79 Å². The lowest BCUT2D eigenvalue weighted by Gasteiger charge is -2.41. The summed E-state index contributed by atoms with van der Waals surface area (Å²) in [6, 6.07) is 0. The predicted molar refractivity (Wildman–Crippen MR) is 120 cm³/mol.